The van der Waals surface area contributed by atoms with Gasteiger partial charge >= 0.3 is 12.2 Å². The van der Waals surface area contributed by atoms with E-state index in [1.807, 2.05) is 0 Å². The van der Waals surface area contributed by atoms with E-state index in [1.165, 1.54) is 29.7 Å². The summed E-state index contributed by atoms with van der Waals surface area (Å²) in [6, 6.07) is 7.81. The molecule has 11 heteroatoms. The molecule has 2 amide bonds. The minimum Gasteiger partial charge on any atom is -0.363 e. The summed E-state index contributed by atoms with van der Waals surface area (Å²) in [5, 5.41) is 14.7. The van der Waals surface area contributed by atoms with E-state index in [-0.39, 0.29) is 16.3 Å². The van der Waals surface area contributed by atoms with Crippen molar-refractivity contribution in [2.45, 2.75) is 17.9 Å². The summed E-state index contributed by atoms with van der Waals surface area (Å²) in [7, 11) is 0. The number of hydrogen-bond donors (Lipinski definition) is 3. The number of hydrogen-bond acceptors (Lipinski definition) is 5. The van der Waals surface area contributed by atoms with Crippen molar-refractivity contribution in [1.29, 1.82) is 0 Å². The Morgan fingerprint density at radius 2 is 1.94 bits per heavy atom. The molecule has 1 aliphatic rings. The van der Waals surface area contributed by atoms with E-state index >= 15 is 0 Å². The number of pyridine rings is 2. The predicted molar refractivity (Wildman–Crippen MR) is 104 cm³/mol. The fraction of sp³-hybridized carbons (Fsp3) is 0.200. The SMILES string of the molecule is O=C1N[C@H](c2cc3ccccc3nc2Cl)[C@@H](C(=O)c2cccnc2)[C@](O)(C(F)(F)F)N1. The first kappa shape index (κ1) is 21.0. The molecule has 0 aliphatic carbocycles. The third-order valence-electron chi connectivity index (χ3n) is 5.07. The molecule has 3 atom stereocenters. The van der Waals surface area contributed by atoms with Crippen molar-refractivity contribution >= 4 is 34.3 Å². The number of aliphatic hydroxyl groups is 1. The lowest BCUT2D eigenvalue weighted by Gasteiger charge is -2.45. The van der Waals surface area contributed by atoms with E-state index in [1.54, 1.807) is 24.3 Å². The molecule has 7 nitrogen and oxygen atoms in total. The molecule has 1 aromatic carbocycles. The summed E-state index contributed by atoms with van der Waals surface area (Å²) in [5.74, 6) is -3.30. The third kappa shape index (κ3) is 3.57. The van der Waals surface area contributed by atoms with E-state index < -0.39 is 35.7 Å². The standard InChI is InChI=1S/C20H14ClF3N4O3/c21-17-12(8-10-4-1-2-6-13(10)26-17)15-14(16(29)11-5-3-7-25-9-11)19(31,20(22,23)24)28-18(30)27-15/h1-9,14-15,31H,(H2,27,28,30)/t14-,15+,19-/m0/s1. The third-order valence-corrected chi connectivity index (χ3v) is 5.38. The summed E-state index contributed by atoms with van der Waals surface area (Å²) >= 11 is 6.24. The first-order valence-corrected chi connectivity index (χ1v) is 9.37. The molecule has 1 saturated heterocycles. The van der Waals surface area contributed by atoms with E-state index in [4.69, 9.17) is 11.6 Å². The van der Waals surface area contributed by atoms with Gasteiger partial charge in [-0.05, 0) is 24.3 Å². The maximum atomic E-state index is 14.0. The average Bonchev–Trinajstić information content (AvgIpc) is 2.72. The Morgan fingerprint density at radius 3 is 2.61 bits per heavy atom. The van der Waals surface area contributed by atoms with Gasteiger partial charge in [0, 0.05) is 28.9 Å². The van der Waals surface area contributed by atoms with Gasteiger partial charge in [0.2, 0.25) is 5.72 Å². The Balaban J connectivity index is 1.93. The molecule has 1 aliphatic heterocycles. The van der Waals surface area contributed by atoms with Crippen LogP contribution in [0.1, 0.15) is 22.0 Å². The number of para-hydroxylation sites is 1. The number of nitrogens with zero attached hydrogens (tertiary/aromatic N) is 2. The lowest BCUT2D eigenvalue weighted by atomic mass is 9.77. The van der Waals surface area contributed by atoms with Crippen LogP contribution in [0.5, 0.6) is 0 Å². The zero-order valence-electron chi connectivity index (χ0n) is 15.5. The van der Waals surface area contributed by atoms with Crippen LogP contribution in [0.15, 0.2) is 54.9 Å². The van der Waals surface area contributed by atoms with Gasteiger partial charge < -0.3 is 15.7 Å². The van der Waals surface area contributed by atoms with Crippen LogP contribution in [0.3, 0.4) is 0 Å². The molecule has 4 rings (SSSR count). The number of carbonyl (C=O) groups excluding carboxylic acids is 2. The summed E-state index contributed by atoms with van der Waals surface area (Å²) in [6.45, 7) is 0. The number of ketones is 1. The van der Waals surface area contributed by atoms with Gasteiger partial charge in [-0.2, -0.15) is 13.2 Å². The molecule has 0 spiro atoms. The summed E-state index contributed by atoms with van der Waals surface area (Å²) < 4.78 is 41.9. The van der Waals surface area contributed by atoms with Crippen LogP contribution in [0, 0.1) is 5.92 Å². The van der Waals surface area contributed by atoms with Gasteiger partial charge in [-0.25, -0.2) is 9.78 Å². The number of urea groups is 1. The number of amides is 2. The van der Waals surface area contributed by atoms with Crippen LogP contribution in [0.25, 0.3) is 10.9 Å². The summed E-state index contributed by atoms with van der Waals surface area (Å²) in [6.07, 6.45) is -2.95. The van der Waals surface area contributed by atoms with Gasteiger partial charge in [0.1, 0.15) is 11.1 Å². The molecule has 1 fully saturated rings. The van der Waals surface area contributed by atoms with Crippen LogP contribution in [-0.4, -0.2) is 38.8 Å². The highest BCUT2D eigenvalue weighted by Crippen LogP contribution is 2.45. The minimum absolute atomic E-state index is 0.0415. The minimum atomic E-state index is -5.37. The van der Waals surface area contributed by atoms with Crippen molar-refractivity contribution in [3.8, 4) is 0 Å². The molecule has 3 aromatic rings. The van der Waals surface area contributed by atoms with Crippen molar-refractivity contribution in [2.24, 2.45) is 5.92 Å². The molecule has 0 unspecified atom stereocenters. The van der Waals surface area contributed by atoms with Crippen LogP contribution in [0.4, 0.5) is 18.0 Å². The van der Waals surface area contributed by atoms with E-state index in [9.17, 15) is 27.9 Å². The van der Waals surface area contributed by atoms with Crippen LogP contribution < -0.4 is 10.6 Å². The fourth-order valence-electron chi connectivity index (χ4n) is 3.61. The van der Waals surface area contributed by atoms with Gasteiger partial charge in [-0.15, -0.1) is 0 Å². The summed E-state index contributed by atoms with van der Waals surface area (Å²) in [5.41, 5.74) is -3.61. The van der Waals surface area contributed by atoms with Gasteiger partial charge in [0.25, 0.3) is 0 Å². The Bertz CT molecular complexity index is 1180. The molecule has 3 N–H and O–H groups in total. The average molecular weight is 451 g/mol. The number of halogens is 4. The zero-order chi connectivity index (χ0) is 22.4. The normalized spacial score (nSPS) is 23.8. The molecule has 0 saturated carbocycles. The van der Waals surface area contributed by atoms with Crippen LogP contribution in [0.2, 0.25) is 5.15 Å². The van der Waals surface area contributed by atoms with Gasteiger partial charge in [-0.1, -0.05) is 29.8 Å². The molecular weight excluding hydrogens is 437 g/mol. The smallest absolute Gasteiger partial charge is 0.363 e. The van der Waals surface area contributed by atoms with Crippen molar-refractivity contribution in [1.82, 2.24) is 20.6 Å². The van der Waals surface area contributed by atoms with Crippen molar-refractivity contribution in [3.05, 3.63) is 71.1 Å². The van der Waals surface area contributed by atoms with Crippen molar-refractivity contribution in [2.75, 3.05) is 0 Å². The maximum absolute atomic E-state index is 14.0. The highest BCUT2D eigenvalue weighted by atomic mass is 35.5. The maximum Gasteiger partial charge on any atom is 0.437 e. The van der Waals surface area contributed by atoms with E-state index in [0.717, 1.165) is 6.20 Å². The second-order valence-corrected chi connectivity index (χ2v) is 7.34. The Morgan fingerprint density at radius 1 is 1.19 bits per heavy atom. The van der Waals surface area contributed by atoms with Gasteiger partial charge in [0.15, 0.2) is 5.78 Å². The van der Waals surface area contributed by atoms with Crippen molar-refractivity contribution < 1.29 is 27.9 Å². The highest BCUT2D eigenvalue weighted by molar-refractivity contribution is 6.30. The molecule has 2 aromatic heterocycles. The van der Waals surface area contributed by atoms with E-state index in [2.05, 4.69) is 15.3 Å². The van der Waals surface area contributed by atoms with Crippen molar-refractivity contribution in [3.63, 3.8) is 0 Å². The van der Waals surface area contributed by atoms with Gasteiger partial charge in [0.05, 0.1) is 11.6 Å². The number of carbonyl (C=O) groups is 2. The number of Topliss-reactive ketones (excluding diaryl/α,β-unsaturated/α-hetero) is 1. The lowest BCUT2D eigenvalue weighted by Crippen LogP contribution is -2.72. The molecule has 3 heterocycles. The first-order valence-electron chi connectivity index (χ1n) is 8.99. The number of benzene rings is 1. The number of nitrogens with one attached hydrogen (secondary N) is 2. The topological polar surface area (TPSA) is 104 Å². The Kier molecular flexibility index (Phi) is 5.06. The molecule has 160 valence electrons. The number of fused-ring (bicyclic) bond motifs is 1. The molecule has 31 heavy (non-hydrogen) atoms. The zero-order valence-corrected chi connectivity index (χ0v) is 16.3. The molecule has 0 radical (unpaired) electrons. The molecular formula is C20H14ClF3N4O3. The van der Waals surface area contributed by atoms with Crippen LogP contribution in [-0.2, 0) is 0 Å². The largest absolute Gasteiger partial charge is 0.437 e. The lowest BCUT2D eigenvalue weighted by molar-refractivity contribution is -0.287. The second-order valence-electron chi connectivity index (χ2n) is 6.99. The fourth-order valence-corrected chi connectivity index (χ4v) is 3.88. The highest BCUT2D eigenvalue weighted by Gasteiger charge is 2.66. The second kappa shape index (κ2) is 7.47. The number of rotatable bonds is 3. The summed E-state index contributed by atoms with van der Waals surface area (Å²) in [4.78, 5) is 33.2. The monoisotopic (exact) mass is 450 g/mol. The number of aromatic nitrogens is 2. The first-order chi connectivity index (χ1) is 14.6. The Labute approximate surface area is 178 Å². The predicted octanol–water partition coefficient (Wildman–Crippen LogP) is 3.39. The Hall–Kier alpha value is -3.24. The molecule has 0 bridgehead atoms. The number of alkyl halides is 3. The van der Waals surface area contributed by atoms with Crippen LogP contribution >= 0.6 is 11.6 Å². The quantitative estimate of drug-likeness (QED) is 0.419. The van der Waals surface area contributed by atoms with Gasteiger partial charge in [-0.3, -0.25) is 9.78 Å². The van der Waals surface area contributed by atoms with E-state index in [0.29, 0.717) is 10.9 Å².